The average Bonchev–Trinajstić information content (AvgIpc) is 3.08. The number of anilines is 1. The van der Waals surface area contributed by atoms with Crippen LogP contribution in [0, 0.1) is 0 Å². The summed E-state index contributed by atoms with van der Waals surface area (Å²) in [6, 6.07) is 9.71. The van der Waals surface area contributed by atoms with E-state index in [1.54, 1.807) is 11.3 Å². The summed E-state index contributed by atoms with van der Waals surface area (Å²) in [6.07, 6.45) is 1.85. The van der Waals surface area contributed by atoms with E-state index in [0.29, 0.717) is 37.9 Å². The first-order valence-corrected chi connectivity index (χ1v) is 10.3. The van der Waals surface area contributed by atoms with Crippen molar-refractivity contribution in [3.8, 4) is 0 Å². The molecule has 8 heteroatoms. The van der Waals surface area contributed by atoms with Crippen LogP contribution in [0.3, 0.4) is 0 Å². The van der Waals surface area contributed by atoms with Gasteiger partial charge in [0.15, 0.2) is 0 Å². The molecule has 1 fully saturated rings. The molecule has 6 nitrogen and oxygen atoms in total. The van der Waals surface area contributed by atoms with Gasteiger partial charge in [0.1, 0.15) is 0 Å². The summed E-state index contributed by atoms with van der Waals surface area (Å²) < 4.78 is 27.2. The van der Waals surface area contributed by atoms with Crippen molar-refractivity contribution in [1.29, 1.82) is 0 Å². The molecular formula is C17H18N2O4S2. The van der Waals surface area contributed by atoms with Gasteiger partial charge in [-0.25, -0.2) is 13.1 Å². The highest BCUT2D eigenvalue weighted by Gasteiger charge is 2.27. The first-order valence-electron chi connectivity index (χ1n) is 7.95. The molecule has 2 amide bonds. The standard InChI is InChI=1S/C17H18N2O4S2/c20-16-4-1-5-17(21)19(16)13-6-8-15(9-7-13)25(22,23)18-11-10-14-3-2-12-24-14/h2-3,6-9,12,18H,1,4-5,10-11H2. The third-order valence-electron chi connectivity index (χ3n) is 3.93. The average molecular weight is 378 g/mol. The number of carbonyl (C=O) groups is 2. The van der Waals surface area contributed by atoms with Gasteiger partial charge in [-0.3, -0.25) is 14.5 Å². The molecule has 1 aliphatic heterocycles. The van der Waals surface area contributed by atoms with Crippen LogP contribution in [0.4, 0.5) is 5.69 Å². The molecule has 1 aliphatic rings. The molecule has 3 rings (SSSR count). The van der Waals surface area contributed by atoms with Crippen molar-refractivity contribution in [2.45, 2.75) is 30.6 Å². The second-order valence-corrected chi connectivity index (χ2v) is 8.50. The Morgan fingerprint density at radius 3 is 2.32 bits per heavy atom. The van der Waals surface area contributed by atoms with E-state index >= 15 is 0 Å². The molecule has 2 aromatic rings. The van der Waals surface area contributed by atoms with Gasteiger partial charge in [-0.2, -0.15) is 0 Å². The molecule has 0 atom stereocenters. The Labute approximate surface area is 150 Å². The summed E-state index contributed by atoms with van der Waals surface area (Å²) in [5.41, 5.74) is 0.409. The first-order chi connectivity index (χ1) is 12.0. The number of thiophene rings is 1. The van der Waals surface area contributed by atoms with E-state index in [0.717, 1.165) is 9.78 Å². The van der Waals surface area contributed by atoms with Gasteiger partial charge in [-0.15, -0.1) is 11.3 Å². The maximum atomic E-state index is 12.3. The minimum atomic E-state index is -3.62. The summed E-state index contributed by atoms with van der Waals surface area (Å²) in [4.78, 5) is 26.2. The molecule has 0 aliphatic carbocycles. The lowest BCUT2D eigenvalue weighted by molar-refractivity contribution is -0.129. The van der Waals surface area contributed by atoms with Crippen LogP contribution in [-0.2, 0) is 26.0 Å². The summed E-state index contributed by atoms with van der Waals surface area (Å²) in [7, 11) is -3.62. The van der Waals surface area contributed by atoms with Gasteiger partial charge < -0.3 is 0 Å². The fraction of sp³-hybridized carbons (Fsp3) is 0.294. The summed E-state index contributed by atoms with van der Waals surface area (Å²) in [5.74, 6) is -0.498. The van der Waals surface area contributed by atoms with Gasteiger partial charge in [0.25, 0.3) is 0 Å². The lowest BCUT2D eigenvalue weighted by Gasteiger charge is -2.24. The number of nitrogens with one attached hydrogen (secondary N) is 1. The monoisotopic (exact) mass is 378 g/mol. The molecule has 0 spiro atoms. The summed E-state index contributed by atoms with van der Waals surface area (Å²) >= 11 is 1.58. The molecule has 0 bridgehead atoms. The molecule has 1 aromatic heterocycles. The van der Waals surface area contributed by atoms with Crippen molar-refractivity contribution < 1.29 is 18.0 Å². The van der Waals surface area contributed by atoms with Crippen molar-refractivity contribution in [2.75, 3.05) is 11.4 Å². The summed E-state index contributed by atoms with van der Waals surface area (Å²) in [6.45, 7) is 0.313. The van der Waals surface area contributed by atoms with Gasteiger partial charge >= 0.3 is 0 Å². The largest absolute Gasteiger partial charge is 0.274 e. The van der Waals surface area contributed by atoms with Crippen LogP contribution in [0.5, 0.6) is 0 Å². The van der Waals surface area contributed by atoms with Crippen LogP contribution in [0.2, 0.25) is 0 Å². The second kappa shape index (κ2) is 7.47. The maximum Gasteiger partial charge on any atom is 0.240 e. The lowest BCUT2D eigenvalue weighted by atomic mass is 10.1. The Kier molecular flexibility index (Phi) is 5.31. The number of piperidine rings is 1. The van der Waals surface area contributed by atoms with E-state index in [2.05, 4.69) is 4.72 Å². The predicted octanol–water partition coefficient (Wildman–Crippen LogP) is 2.31. The van der Waals surface area contributed by atoms with Crippen LogP contribution < -0.4 is 9.62 Å². The van der Waals surface area contributed by atoms with Crippen molar-refractivity contribution in [3.05, 3.63) is 46.7 Å². The van der Waals surface area contributed by atoms with Gasteiger partial charge in [-0.05, 0) is 48.6 Å². The molecular weight excluding hydrogens is 360 g/mol. The predicted molar refractivity (Wildman–Crippen MR) is 96.0 cm³/mol. The van der Waals surface area contributed by atoms with Crippen molar-refractivity contribution in [2.24, 2.45) is 0 Å². The zero-order chi connectivity index (χ0) is 17.9. The van der Waals surface area contributed by atoms with E-state index in [-0.39, 0.29) is 16.7 Å². The Morgan fingerprint density at radius 1 is 1.04 bits per heavy atom. The van der Waals surface area contributed by atoms with Crippen LogP contribution in [0.1, 0.15) is 24.1 Å². The number of rotatable bonds is 6. The van der Waals surface area contributed by atoms with Crippen molar-refractivity contribution in [3.63, 3.8) is 0 Å². The number of hydrogen-bond acceptors (Lipinski definition) is 5. The van der Waals surface area contributed by atoms with Crippen LogP contribution >= 0.6 is 11.3 Å². The number of imide groups is 1. The third kappa shape index (κ3) is 4.15. The van der Waals surface area contributed by atoms with Gasteiger partial charge in [0.05, 0.1) is 10.6 Å². The number of benzene rings is 1. The zero-order valence-corrected chi connectivity index (χ0v) is 15.1. The second-order valence-electron chi connectivity index (χ2n) is 5.70. The van der Waals surface area contributed by atoms with Crippen molar-refractivity contribution in [1.82, 2.24) is 4.72 Å². The Bertz CT molecular complexity index is 843. The Balaban J connectivity index is 1.68. The van der Waals surface area contributed by atoms with Crippen LogP contribution in [0.15, 0.2) is 46.7 Å². The quantitative estimate of drug-likeness (QED) is 0.782. The Morgan fingerprint density at radius 2 is 1.72 bits per heavy atom. The van der Waals surface area contributed by atoms with Gasteiger partial charge in [0, 0.05) is 24.3 Å². The fourth-order valence-corrected chi connectivity index (χ4v) is 4.40. The minimum Gasteiger partial charge on any atom is -0.274 e. The number of amides is 2. The molecule has 25 heavy (non-hydrogen) atoms. The maximum absolute atomic E-state index is 12.3. The number of carbonyl (C=O) groups excluding carboxylic acids is 2. The molecule has 1 aromatic carbocycles. The smallest absolute Gasteiger partial charge is 0.240 e. The first kappa shape index (κ1) is 17.8. The molecule has 132 valence electrons. The van der Waals surface area contributed by atoms with Crippen LogP contribution in [0.25, 0.3) is 0 Å². The lowest BCUT2D eigenvalue weighted by Crippen LogP contribution is -2.40. The molecule has 2 heterocycles. The highest BCUT2D eigenvalue weighted by Crippen LogP contribution is 2.23. The Hall–Kier alpha value is -2.03. The third-order valence-corrected chi connectivity index (χ3v) is 6.34. The minimum absolute atomic E-state index is 0.110. The van der Waals surface area contributed by atoms with Crippen LogP contribution in [-0.4, -0.2) is 26.8 Å². The van der Waals surface area contributed by atoms with Gasteiger partial charge in [-0.1, -0.05) is 6.07 Å². The topological polar surface area (TPSA) is 83.6 Å². The highest BCUT2D eigenvalue weighted by atomic mass is 32.2. The molecule has 0 radical (unpaired) electrons. The highest BCUT2D eigenvalue weighted by molar-refractivity contribution is 7.89. The van der Waals surface area contributed by atoms with E-state index in [9.17, 15) is 18.0 Å². The van der Waals surface area contributed by atoms with E-state index in [1.165, 1.54) is 24.3 Å². The normalized spacial score (nSPS) is 15.6. The van der Waals surface area contributed by atoms with Crippen molar-refractivity contribution >= 4 is 38.9 Å². The number of sulfonamides is 1. The SMILES string of the molecule is O=C1CCCC(=O)N1c1ccc(S(=O)(=O)NCCc2cccs2)cc1. The fourth-order valence-electron chi connectivity index (χ4n) is 2.66. The number of hydrogen-bond donors (Lipinski definition) is 1. The molecule has 1 N–H and O–H groups in total. The van der Waals surface area contributed by atoms with E-state index < -0.39 is 10.0 Å². The molecule has 1 saturated heterocycles. The van der Waals surface area contributed by atoms with Gasteiger partial charge in [0.2, 0.25) is 21.8 Å². The number of nitrogens with zero attached hydrogens (tertiary/aromatic N) is 1. The van der Waals surface area contributed by atoms with E-state index in [4.69, 9.17) is 0 Å². The molecule has 0 unspecified atom stereocenters. The summed E-state index contributed by atoms with van der Waals surface area (Å²) in [5, 5.41) is 1.95. The molecule has 0 saturated carbocycles. The zero-order valence-electron chi connectivity index (χ0n) is 13.5. The van der Waals surface area contributed by atoms with E-state index in [1.807, 2.05) is 17.5 Å².